The van der Waals surface area contributed by atoms with Crippen LogP contribution >= 0.6 is 0 Å². The number of nitrogens with one attached hydrogen (secondary N) is 2. The SMILES string of the molecule is CC(=O)N[C@H](Cc1ccccc1)C(=O)N[C@@H](Cc1ccccc1F)C(N)=O. The highest BCUT2D eigenvalue weighted by atomic mass is 19.1. The minimum Gasteiger partial charge on any atom is -0.368 e. The van der Waals surface area contributed by atoms with Gasteiger partial charge in [-0.05, 0) is 17.2 Å². The third-order valence-electron chi connectivity index (χ3n) is 4.02. The van der Waals surface area contributed by atoms with Crippen molar-refractivity contribution in [1.82, 2.24) is 10.6 Å². The molecule has 0 bridgehead atoms. The van der Waals surface area contributed by atoms with E-state index >= 15 is 0 Å². The summed E-state index contributed by atoms with van der Waals surface area (Å²) in [4.78, 5) is 35.9. The highest BCUT2D eigenvalue weighted by molar-refractivity contribution is 5.91. The van der Waals surface area contributed by atoms with Crippen molar-refractivity contribution in [2.75, 3.05) is 0 Å². The smallest absolute Gasteiger partial charge is 0.243 e. The van der Waals surface area contributed by atoms with E-state index in [9.17, 15) is 18.8 Å². The molecule has 142 valence electrons. The van der Waals surface area contributed by atoms with Gasteiger partial charge in [-0.15, -0.1) is 0 Å². The fourth-order valence-electron chi connectivity index (χ4n) is 2.68. The molecular weight excluding hydrogens is 349 g/mol. The number of nitrogens with two attached hydrogens (primary N) is 1. The van der Waals surface area contributed by atoms with E-state index in [4.69, 9.17) is 5.73 Å². The Morgan fingerprint density at radius 3 is 2.15 bits per heavy atom. The molecule has 2 aromatic rings. The average molecular weight is 371 g/mol. The summed E-state index contributed by atoms with van der Waals surface area (Å²) in [5, 5.41) is 5.09. The van der Waals surface area contributed by atoms with Crippen molar-refractivity contribution in [3.8, 4) is 0 Å². The van der Waals surface area contributed by atoms with Gasteiger partial charge in [-0.1, -0.05) is 48.5 Å². The zero-order valence-corrected chi connectivity index (χ0v) is 14.9. The third-order valence-corrected chi connectivity index (χ3v) is 4.02. The fraction of sp³-hybridized carbons (Fsp3) is 0.250. The normalized spacial score (nSPS) is 12.7. The molecule has 6 nitrogen and oxygen atoms in total. The van der Waals surface area contributed by atoms with Crippen molar-refractivity contribution in [3.05, 3.63) is 71.5 Å². The van der Waals surface area contributed by atoms with Gasteiger partial charge in [0.1, 0.15) is 17.9 Å². The maximum Gasteiger partial charge on any atom is 0.243 e. The van der Waals surface area contributed by atoms with E-state index in [0.717, 1.165) is 5.56 Å². The molecule has 0 saturated carbocycles. The number of carbonyl (C=O) groups excluding carboxylic acids is 3. The molecule has 7 heteroatoms. The van der Waals surface area contributed by atoms with Crippen LogP contribution in [-0.4, -0.2) is 29.8 Å². The molecule has 0 aromatic heterocycles. The lowest BCUT2D eigenvalue weighted by molar-refractivity contribution is -0.130. The lowest BCUT2D eigenvalue weighted by Crippen LogP contribution is -2.54. The van der Waals surface area contributed by atoms with Crippen LogP contribution in [-0.2, 0) is 27.2 Å². The molecule has 0 aliphatic carbocycles. The van der Waals surface area contributed by atoms with Crippen molar-refractivity contribution < 1.29 is 18.8 Å². The summed E-state index contributed by atoms with van der Waals surface area (Å²) in [6.07, 6.45) is 0.170. The Hall–Kier alpha value is -3.22. The highest BCUT2D eigenvalue weighted by Gasteiger charge is 2.26. The first kappa shape index (κ1) is 20.1. The third kappa shape index (κ3) is 6.22. The molecule has 0 aliphatic heterocycles. The zero-order chi connectivity index (χ0) is 19.8. The van der Waals surface area contributed by atoms with Crippen LogP contribution in [0.3, 0.4) is 0 Å². The largest absolute Gasteiger partial charge is 0.368 e. The number of primary amides is 1. The van der Waals surface area contributed by atoms with E-state index in [1.807, 2.05) is 30.3 Å². The second-order valence-corrected chi connectivity index (χ2v) is 6.20. The van der Waals surface area contributed by atoms with Gasteiger partial charge in [0.2, 0.25) is 17.7 Å². The van der Waals surface area contributed by atoms with Gasteiger partial charge in [0.05, 0.1) is 0 Å². The van der Waals surface area contributed by atoms with Gasteiger partial charge in [0, 0.05) is 19.8 Å². The van der Waals surface area contributed by atoms with E-state index in [-0.39, 0.29) is 24.3 Å². The van der Waals surface area contributed by atoms with Crippen LogP contribution in [0.1, 0.15) is 18.1 Å². The number of halogens is 1. The summed E-state index contributed by atoms with van der Waals surface area (Å²) in [5.41, 5.74) is 6.48. The maximum atomic E-state index is 13.8. The first-order valence-electron chi connectivity index (χ1n) is 8.51. The summed E-state index contributed by atoms with van der Waals surface area (Å²) < 4.78 is 13.8. The lowest BCUT2D eigenvalue weighted by atomic mass is 10.0. The molecular formula is C20H22FN3O3. The summed E-state index contributed by atoms with van der Waals surface area (Å²) in [5.74, 6) is -2.21. The first-order valence-corrected chi connectivity index (χ1v) is 8.51. The maximum absolute atomic E-state index is 13.8. The molecule has 27 heavy (non-hydrogen) atoms. The zero-order valence-electron chi connectivity index (χ0n) is 14.9. The van der Waals surface area contributed by atoms with Gasteiger partial charge in [0.15, 0.2) is 0 Å². The molecule has 0 fully saturated rings. The highest BCUT2D eigenvalue weighted by Crippen LogP contribution is 2.10. The van der Waals surface area contributed by atoms with E-state index < -0.39 is 29.7 Å². The quantitative estimate of drug-likeness (QED) is 0.647. The van der Waals surface area contributed by atoms with Gasteiger partial charge in [-0.3, -0.25) is 14.4 Å². The number of amides is 3. The van der Waals surface area contributed by atoms with Gasteiger partial charge < -0.3 is 16.4 Å². The van der Waals surface area contributed by atoms with Gasteiger partial charge in [0.25, 0.3) is 0 Å². The van der Waals surface area contributed by atoms with Crippen LogP contribution in [0.4, 0.5) is 4.39 Å². The lowest BCUT2D eigenvalue weighted by Gasteiger charge is -2.22. The molecule has 0 unspecified atom stereocenters. The number of hydrogen-bond acceptors (Lipinski definition) is 3. The van der Waals surface area contributed by atoms with E-state index in [1.165, 1.54) is 25.1 Å². The van der Waals surface area contributed by atoms with Crippen LogP contribution in [0, 0.1) is 5.82 Å². The molecule has 0 saturated heterocycles. The Labute approximate surface area is 156 Å². The molecule has 0 radical (unpaired) electrons. The predicted octanol–water partition coefficient (Wildman–Crippen LogP) is 1.09. The molecule has 4 N–H and O–H groups in total. The number of carbonyl (C=O) groups is 3. The van der Waals surface area contributed by atoms with Crippen molar-refractivity contribution in [2.24, 2.45) is 5.73 Å². The van der Waals surface area contributed by atoms with Gasteiger partial charge >= 0.3 is 0 Å². The first-order chi connectivity index (χ1) is 12.9. The Balaban J connectivity index is 2.13. The predicted molar refractivity (Wildman–Crippen MR) is 99.0 cm³/mol. The van der Waals surface area contributed by atoms with Crippen LogP contribution in [0.5, 0.6) is 0 Å². The minimum absolute atomic E-state index is 0.0775. The molecule has 2 atom stereocenters. The summed E-state index contributed by atoms with van der Waals surface area (Å²) in [6.45, 7) is 1.30. The monoisotopic (exact) mass is 371 g/mol. The summed E-state index contributed by atoms with van der Waals surface area (Å²) in [6, 6.07) is 13.1. The van der Waals surface area contributed by atoms with Crippen molar-refractivity contribution >= 4 is 17.7 Å². The Bertz CT molecular complexity index is 811. The summed E-state index contributed by atoms with van der Waals surface area (Å²) >= 11 is 0. The molecule has 2 rings (SSSR count). The Morgan fingerprint density at radius 2 is 1.56 bits per heavy atom. The molecule has 0 spiro atoms. The number of hydrogen-bond donors (Lipinski definition) is 3. The van der Waals surface area contributed by atoms with E-state index in [2.05, 4.69) is 10.6 Å². The molecule has 2 aromatic carbocycles. The van der Waals surface area contributed by atoms with E-state index in [0.29, 0.717) is 0 Å². The van der Waals surface area contributed by atoms with Crippen LogP contribution in [0.25, 0.3) is 0 Å². The second kappa shape index (κ2) is 9.47. The standard InChI is InChI=1S/C20H22FN3O3/c1-13(25)23-18(11-14-7-3-2-4-8-14)20(27)24-17(19(22)26)12-15-9-5-6-10-16(15)21/h2-10,17-18H,11-12H2,1H3,(H2,22,26)(H,23,25)(H,24,27)/t17-,18+/m0/s1. The summed E-state index contributed by atoms with van der Waals surface area (Å²) in [7, 11) is 0. The number of rotatable bonds is 8. The number of benzene rings is 2. The average Bonchev–Trinajstić information content (AvgIpc) is 2.62. The van der Waals surface area contributed by atoms with Gasteiger partial charge in [-0.25, -0.2) is 4.39 Å². The van der Waals surface area contributed by atoms with E-state index in [1.54, 1.807) is 6.07 Å². The van der Waals surface area contributed by atoms with Crippen LogP contribution in [0.15, 0.2) is 54.6 Å². The van der Waals surface area contributed by atoms with Crippen molar-refractivity contribution in [1.29, 1.82) is 0 Å². The topological polar surface area (TPSA) is 101 Å². The Morgan fingerprint density at radius 1 is 0.926 bits per heavy atom. The fourth-order valence-corrected chi connectivity index (χ4v) is 2.68. The molecule has 0 heterocycles. The van der Waals surface area contributed by atoms with Crippen molar-refractivity contribution in [2.45, 2.75) is 31.8 Å². The van der Waals surface area contributed by atoms with Crippen LogP contribution in [0.2, 0.25) is 0 Å². The second-order valence-electron chi connectivity index (χ2n) is 6.20. The molecule has 3 amide bonds. The Kier molecular flexibility index (Phi) is 7.05. The minimum atomic E-state index is -1.10. The molecule has 0 aliphatic rings. The van der Waals surface area contributed by atoms with Crippen LogP contribution < -0.4 is 16.4 Å². The van der Waals surface area contributed by atoms with Crippen molar-refractivity contribution in [3.63, 3.8) is 0 Å². The van der Waals surface area contributed by atoms with Gasteiger partial charge in [-0.2, -0.15) is 0 Å².